The lowest BCUT2D eigenvalue weighted by Gasteiger charge is -2.02. The molecular formula is C32H32N2O4. The van der Waals surface area contributed by atoms with E-state index in [4.69, 9.17) is 15.2 Å². The highest BCUT2D eigenvalue weighted by molar-refractivity contribution is 5.72. The molecule has 0 heterocycles. The molecule has 4 rings (SSSR count). The quantitative estimate of drug-likeness (QED) is 0.119. The number of nitrogens with zero attached hydrogens (tertiary/aromatic N) is 1. The van der Waals surface area contributed by atoms with Crippen LogP contribution >= 0.6 is 0 Å². The molecule has 4 aromatic carbocycles. The van der Waals surface area contributed by atoms with Gasteiger partial charge in [-0.05, 0) is 72.0 Å². The van der Waals surface area contributed by atoms with Crippen molar-refractivity contribution < 1.29 is 14.4 Å². The average molecular weight is 509 g/mol. The van der Waals surface area contributed by atoms with Gasteiger partial charge < -0.3 is 15.2 Å². The summed E-state index contributed by atoms with van der Waals surface area (Å²) in [5.41, 5.74) is 12.6. The van der Waals surface area contributed by atoms with Crippen LogP contribution < -0.4 is 15.2 Å². The number of nitrogen functional groups attached to an aromatic ring is 1. The molecular weight excluding hydrogens is 476 g/mol. The zero-order valence-corrected chi connectivity index (χ0v) is 22.0. The van der Waals surface area contributed by atoms with Crippen LogP contribution in [0.1, 0.15) is 33.4 Å². The number of methoxy groups -OCH3 is 2. The van der Waals surface area contributed by atoms with Gasteiger partial charge in [-0.15, -0.1) is 0 Å². The van der Waals surface area contributed by atoms with Crippen molar-refractivity contribution in [2.24, 2.45) is 0 Å². The molecule has 2 N–H and O–H groups in total. The summed E-state index contributed by atoms with van der Waals surface area (Å²) in [4.78, 5) is 10.5. The Hall–Kier alpha value is -4.84. The van der Waals surface area contributed by atoms with Crippen LogP contribution in [0, 0.1) is 24.0 Å². The number of rotatable bonds is 7. The molecule has 0 fully saturated rings. The second-order valence-electron chi connectivity index (χ2n) is 8.64. The van der Waals surface area contributed by atoms with Crippen molar-refractivity contribution >= 4 is 35.7 Å². The van der Waals surface area contributed by atoms with Crippen molar-refractivity contribution in [3.63, 3.8) is 0 Å². The van der Waals surface area contributed by atoms with Crippen LogP contribution in [-0.2, 0) is 0 Å². The highest BCUT2D eigenvalue weighted by Gasteiger charge is 2.09. The molecule has 4 aromatic rings. The lowest BCUT2D eigenvalue weighted by atomic mass is 10.1. The standard InChI is InChI=1S/C16H15NO3.C16H17NO/c1-12-6-7-14(11-16(12)17(18)19)9-8-13-4-3-5-15(10-13)20-2;1-12-6-7-14(11-16(12)17)9-8-13-4-3-5-15(10-13)18-2/h3-11H,1-2H3;3-11H,17H2,1-2H3/b2*9-8+. The van der Waals surface area contributed by atoms with Crippen LogP contribution in [-0.4, -0.2) is 19.1 Å². The van der Waals surface area contributed by atoms with Crippen LogP contribution in [0.15, 0.2) is 84.9 Å². The lowest BCUT2D eigenvalue weighted by molar-refractivity contribution is -0.385. The number of hydrogen-bond donors (Lipinski definition) is 1. The van der Waals surface area contributed by atoms with Crippen LogP contribution in [0.4, 0.5) is 11.4 Å². The molecule has 0 unspecified atom stereocenters. The summed E-state index contributed by atoms with van der Waals surface area (Å²) < 4.78 is 10.3. The predicted octanol–water partition coefficient (Wildman–Crippen LogP) is 7.84. The first-order chi connectivity index (χ1) is 18.3. The summed E-state index contributed by atoms with van der Waals surface area (Å²) >= 11 is 0. The van der Waals surface area contributed by atoms with E-state index in [0.717, 1.165) is 45.0 Å². The van der Waals surface area contributed by atoms with Crippen molar-refractivity contribution in [3.05, 3.63) is 128 Å². The van der Waals surface area contributed by atoms with Gasteiger partial charge in [0.1, 0.15) is 11.5 Å². The van der Waals surface area contributed by atoms with E-state index in [-0.39, 0.29) is 10.6 Å². The van der Waals surface area contributed by atoms with Crippen molar-refractivity contribution in [2.45, 2.75) is 13.8 Å². The number of hydrogen-bond acceptors (Lipinski definition) is 5. The number of benzene rings is 4. The van der Waals surface area contributed by atoms with E-state index in [1.807, 2.05) is 98.0 Å². The molecule has 0 aliphatic heterocycles. The highest BCUT2D eigenvalue weighted by Crippen LogP contribution is 2.22. The molecule has 0 aromatic heterocycles. The Labute approximate surface area is 223 Å². The number of ether oxygens (including phenoxy) is 2. The molecule has 6 heteroatoms. The van der Waals surface area contributed by atoms with E-state index in [2.05, 4.69) is 6.07 Å². The monoisotopic (exact) mass is 508 g/mol. The van der Waals surface area contributed by atoms with E-state index >= 15 is 0 Å². The Kier molecular flexibility index (Phi) is 9.83. The molecule has 0 saturated heterocycles. The largest absolute Gasteiger partial charge is 0.497 e. The van der Waals surface area contributed by atoms with E-state index in [9.17, 15) is 10.1 Å². The fourth-order valence-corrected chi connectivity index (χ4v) is 3.56. The van der Waals surface area contributed by atoms with Gasteiger partial charge in [-0.1, -0.05) is 72.8 Å². The minimum Gasteiger partial charge on any atom is -0.497 e. The van der Waals surface area contributed by atoms with E-state index < -0.39 is 0 Å². The van der Waals surface area contributed by atoms with Crippen LogP contribution in [0.3, 0.4) is 0 Å². The van der Waals surface area contributed by atoms with Crippen molar-refractivity contribution in [3.8, 4) is 11.5 Å². The Morgan fingerprint density at radius 2 is 1.11 bits per heavy atom. The molecule has 0 aliphatic carbocycles. The molecule has 0 saturated carbocycles. The first-order valence-corrected chi connectivity index (χ1v) is 12.0. The van der Waals surface area contributed by atoms with Crippen molar-refractivity contribution in [2.75, 3.05) is 20.0 Å². The molecule has 0 aliphatic rings. The van der Waals surface area contributed by atoms with Gasteiger partial charge in [0.2, 0.25) is 0 Å². The smallest absolute Gasteiger partial charge is 0.272 e. The summed E-state index contributed by atoms with van der Waals surface area (Å²) in [6.45, 7) is 3.73. The van der Waals surface area contributed by atoms with Gasteiger partial charge >= 0.3 is 0 Å². The Balaban J connectivity index is 0.000000212. The van der Waals surface area contributed by atoms with Gasteiger partial charge in [-0.3, -0.25) is 10.1 Å². The third-order valence-electron chi connectivity index (χ3n) is 5.86. The topological polar surface area (TPSA) is 87.6 Å². The normalized spacial score (nSPS) is 10.7. The molecule has 0 radical (unpaired) electrons. The summed E-state index contributed by atoms with van der Waals surface area (Å²) in [5.74, 6) is 1.64. The molecule has 194 valence electrons. The van der Waals surface area contributed by atoms with Gasteiger partial charge in [0, 0.05) is 17.3 Å². The van der Waals surface area contributed by atoms with E-state index in [1.54, 1.807) is 33.3 Å². The van der Waals surface area contributed by atoms with Crippen LogP contribution in [0.25, 0.3) is 24.3 Å². The number of anilines is 1. The Morgan fingerprint density at radius 1 is 0.658 bits per heavy atom. The average Bonchev–Trinajstić information content (AvgIpc) is 2.93. The highest BCUT2D eigenvalue weighted by atomic mass is 16.6. The molecule has 0 bridgehead atoms. The first kappa shape index (κ1) is 27.7. The van der Waals surface area contributed by atoms with Crippen LogP contribution in [0.5, 0.6) is 11.5 Å². The molecule has 0 atom stereocenters. The number of aryl methyl sites for hydroxylation is 2. The zero-order valence-electron chi connectivity index (χ0n) is 22.0. The number of nitrogens with two attached hydrogens (primary N) is 1. The Morgan fingerprint density at radius 3 is 1.55 bits per heavy atom. The summed E-state index contributed by atoms with van der Waals surface area (Å²) in [6, 6.07) is 26.8. The lowest BCUT2D eigenvalue weighted by Crippen LogP contribution is -1.91. The SMILES string of the molecule is COc1cccc(/C=C/c2ccc(C)c(N)c2)c1.COc1cccc(/C=C/c2ccc(C)c([N+](=O)[O-])c2)c1. The molecule has 6 nitrogen and oxygen atoms in total. The second-order valence-corrected chi connectivity index (χ2v) is 8.64. The van der Waals surface area contributed by atoms with Crippen molar-refractivity contribution in [1.82, 2.24) is 0 Å². The third kappa shape index (κ3) is 8.10. The first-order valence-electron chi connectivity index (χ1n) is 12.0. The predicted molar refractivity (Wildman–Crippen MR) is 157 cm³/mol. The maximum atomic E-state index is 10.9. The van der Waals surface area contributed by atoms with E-state index in [1.165, 1.54) is 0 Å². The molecule has 38 heavy (non-hydrogen) atoms. The van der Waals surface area contributed by atoms with Gasteiger partial charge in [0.25, 0.3) is 5.69 Å². The number of nitro groups is 1. The van der Waals surface area contributed by atoms with Gasteiger partial charge in [-0.2, -0.15) is 0 Å². The molecule has 0 spiro atoms. The Bertz CT molecular complexity index is 1460. The minimum atomic E-state index is -0.363. The maximum Gasteiger partial charge on any atom is 0.272 e. The zero-order chi connectivity index (χ0) is 27.5. The fraction of sp³-hybridized carbons (Fsp3) is 0.125. The second kappa shape index (κ2) is 13.5. The fourth-order valence-electron chi connectivity index (χ4n) is 3.56. The maximum absolute atomic E-state index is 10.9. The van der Waals surface area contributed by atoms with Gasteiger partial charge in [0.15, 0.2) is 0 Å². The third-order valence-corrected chi connectivity index (χ3v) is 5.86. The number of nitro benzene ring substituents is 1. The van der Waals surface area contributed by atoms with Crippen molar-refractivity contribution in [1.29, 1.82) is 0 Å². The summed E-state index contributed by atoms with van der Waals surface area (Å²) in [5, 5.41) is 10.9. The summed E-state index contributed by atoms with van der Waals surface area (Å²) in [6.07, 6.45) is 7.84. The molecule has 0 amide bonds. The van der Waals surface area contributed by atoms with E-state index in [0.29, 0.717) is 5.56 Å². The van der Waals surface area contributed by atoms with Crippen LogP contribution in [0.2, 0.25) is 0 Å². The minimum absolute atomic E-state index is 0.137. The summed E-state index contributed by atoms with van der Waals surface area (Å²) in [7, 11) is 3.29. The van der Waals surface area contributed by atoms with Gasteiger partial charge in [0.05, 0.1) is 19.1 Å². The van der Waals surface area contributed by atoms with Gasteiger partial charge in [-0.25, -0.2) is 0 Å².